The van der Waals surface area contributed by atoms with Crippen molar-refractivity contribution in [2.45, 2.75) is 63.4 Å². The molecular weight excluding hydrogens is 220 g/mol. The van der Waals surface area contributed by atoms with Crippen LogP contribution in [0.25, 0.3) is 0 Å². The second-order valence-corrected chi connectivity index (χ2v) is 5.20. The molecule has 1 saturated carbocycles. The minimum Gasteiger partial charge on any atom is -0.396 e. The highest BCUT2D eigenvalue weighted by atomic mass is 16.6. The molecule has 0 radical (unpaired) electrons. The molecule has 4 atom stereocenters. The van der Waals surface area contributed by atoms with Crippen LogP contribution in [0.2, 0.25) is 0 Å². The Bertz CT molecular complexity index is 221. The highest BCUT2D eigenvalue weighted by Gasteiger charge is 2.36. The Labute approximate surface area is 103 Å². The first-order chi connectivity index (χ1) is 8.29. The van der Waals surface area contributed by atoms with Crippen LogP contribution in [0.1, 0.15) is 44.9 Å². The minimum absolute atomic E-state index is 0.190. The molecule has 4 heteroatoms. The molecule has 100 valence electrons. The summed E-state index contributed by atoms with van der Waals surface area (Å²) in [5, 5.41) is 18.2. The van der Waals surface area contributed by atoms with E-state index in [0.29, 0.717) is 5.92 Å². The molecule has 1 aliphatic heterocycles. The van der Waals surface area contributed by atoms with Gasteiger partial charge in [-0.2, -0.15) is 0 Å². The van der Waals surface area contributed by atoms with Gasteiger partial charge in [0.1, 0.15) is 0 Å². The average Bonchev–Trinajstić information content (AvgIpc) is 2.34. The van der Waals surface area contributed by atoms with E-state index in [1.807, 2.05) is 0 Å². The van der Waals surface area contributed by atoms with Crippen LogP contribution in [0.4, 0.5) is 0 Å². The van der Waals surface area contributed by atoms with Crippen molar-refractivity contribution in [3.63, 3.8) is 0 Å². The van der Waals surface area contributed by atoms with Crippen molar-refractivity contribution in [3.8, 4) is 0 Å². The molecule has 0 aromatic heterocycles. The van der Waals surface area contributed by atoms with Gasteiger partial charge in [-0.3, -0.25) is 0 Å². The van der Waals surface area contributed by atoms with Crippen LogP contribution >= 0.6 is 0 Å². The maximum atomic E-state index is 9.49. The zero-order valence-corrected chi connectivity index (χ0v) is 10.4. The third-order valence-corrected chi connectivity index (χ3v) is 3.90. The van der Waals surface area contributed by atoms with Crippen molar-refractivity contribution in [1.82, 2.24) is 0 Å². The molecular formula is C13H24O4. The van der Waals surface area contributed by atoms with Crippen molar-refractivity contribution < 1.29 is 19.7 Å². The molecule has 2 fully saturated rings. The second kappa shape index (κ2) is 6.69. The number of unbranched alkanes of at least 4 members (excludes halogenated alkanes) is 1. The average molecular weight is 244 g/mol. The standard InChI is InChI=1S/C13H24O4/c14-7-1-2-8-16-11-5-3-10-4-6-13(15)17-12(10)9-11/h10-15H,1-9H2. The molecule has 4 nitrogen and oxygen atoms in total. The van der Waals surface area contributed by atoms with E-state index in [9.17, 15) is 5.11 Å². The summed E-state index contributed by atoms with van der Waals surface area (Å²) in [5.74, 6) is 0.621. The number of fused-ring (bicyclic) bond motifs is 1. The third-order valence-electron chi connectivity index (χ3n) is 3.90. The highest BCUT2D eigenvalue weighted by molar-refractivity contribution is 4.84. The predicted octanol–water partition coefficient (Wildman–Crippen LogP) is 1.44. The molecule has 0 amide bonds. The molecule has 0 spiro atoms. The van der Waals surface area contributed by atoms with Crippen LogP contribution in [0.3, 0.4) is 0 Å². The summed E-state index contributed by atoms with van der Waals surface area (Å²) in [7, 11) is 0. The lowest BCUT2D eigenvalue weighted by molar-refractivity contribution is -0.203. The van der Waals surface area contributed by atoms with E-state index >= 15 is 0 Å². The zero-order valence-electron chi connectivity index (χ0n) is 10.4. The fraction of sp³-hybridized carbons (Fsp3) is 1.00. The highest BCUT2D eigenvalue weighted by Crippen LogP contribution is 2.36. The summed E-state index contributed by atoms with van der Waals surface area (Å²) >= 11 is 0. The van der Waals surface area contributed by atoms with E-state index in [2.05, 4.69) is 0 Å². The van der Waals surface area contributed by atoms with Crippen molar-refractivity contribution >= 4 is 0 Å². The van der Waals surface area contributed by atoms with E-state index in [-0.39, 0.29) is 18.8 Å². The Morgan fingerprint density at radius 1 is 1.12 bits per heavy atom. The second-order valence-electron chi connectivity index (χ2n) is 5.20. The van der Waals surface area contributed by atoms with E-state index in [1.54, 1.807) is 0 Å². The molecule has 0 aromatic carbocycles. The van der Waals surface area contributed by atoms with Crippen LogP contribution in [-0.2, 0) is 9.47 Å². The number of aliphatic hydroxyl groups excluding tert-OH is 2. The van der Waals surface area contributed by atoms with Gasteiger partial charge in [-0.15, -0.1) is 0 Å². The first-order valence-corrected chi connectivity index (χ1v) is 6.85. The molecule has 4 unspecified atom stereocenters. The first-order valence-electron chi connectivity index (χ1n) is 6.85. The fourth-order valence-corrected chi connectivity index (χ4v) is 2.89. The van der Waals surface area contributed by atoms with Gasteiger partial charge >= 0.3 is 0 Å². The van der Waals surface area contributed by atoms with E-state index < -0.39 is 6.29 Å². The summed E-state index contributed by atoms with van der Waals surface area (Å²) in [4.78, 5) is 0. The Hall–Kier alpha value is -0.160. The SMILES string of the molecule is OCCCCOC1CCC2CCC(O)OC2C1. The lowest BCUT2D eigenvalue weighted by atomic mass is 9.80. The smallest absolute Gasteiger partial charge is 0.154 e. The van der Waals surface area contributed by atoms with Gasteiger partial charge in [0, 0.05) is 19.6 Å². The third kappa shape index (κ3) is 3.91. The molecule has 1 saturated heterocycles. The number of aliphatic hydroxyl groups is 2. The molecule has 17 heavy (non-hydrogen) atoms. The van der Waals surface area contributed by atoms with E-state index in [1.165, 1.54) is 0 Å². The Morgan fingerprint density at radius 3 is 2.76 bits per heavy atom. The molecule has 2 N–H and O–H groups in total. The van der Waals surface area contributed by atoms with Gasteiger partial charge < -0.3 is 19.7 Å². The minimum atomic E-state index is -0.565. The quantitative estimate of drug-likeness (QED) is 0.719. The first kappa shape index (κ1) is 13.3. The molecule has 1 aliphatic carbocycles. The molecule has 2 rings (SSSR count). The van der Waals surface area contributed by atoms with Crippen LogP contribution < -0.4 is 0 Å². The van der Waals surface area contributed by atoms with Crippen LogP contribution in [0, 0.1) is 5.92 Å². The van der Waals surface area contributed by atoms with Gasteiger partial charge in [-0.1, -0.05) is 0 Å². The molecule has 0 aromatic rings. The molecule has 1 heterocycles. The van der Waals surface area contributed by atoms with Gasteiger partial charge in [0.2, 0.25) is 0 Å². The summed E-state index contributed by atoms with van der Waals surface area (Å²) in [6.07, 6.45) is 6.69. The van der Waals surface area contributed by atoms with Gasteiger partial charge in [0.25, 0.3) is 0 Å². The Morgan fingerprint density at radius 2 is 1.94 bits per heavy atom. The van der Waals surface area contributed by atoms with Crippen molar-refractivity contribution in [1.29, 1.82) is 0 Å². The summed E-state index contributed by atoms with van der Waals surface area (Å²) in [6, 6.07) is 0. The lowest BCUT2D eigenvalue weighted by Crippen LogP contribution is -2.41. The zero-order chi connectivity index (χ0) is 12.1. The molecule has 2 aliphatic rings. The van der Waals surface area contributed by atoms with Gasteiger partial charge in [-0.05, 0) is 44.4 Å². The fourth-order valence-electron chi connectivity index (χ4n) is 2.89. The maximum absolute atomic E-state index is 9.49. The molecule has 0 bridgehead atoms. The van der Waals surface area contributed by atoms with Gasteiger partial charge in [0.05, 0.1) is 12.2 Å². The Kier molecular flexibility index (Phi) is 5.22. The monoisotopic (exact) mass is 244 g/mol. The van der Waals surface area contributed by atoms with Gasteiger partial charge in [0.15, 0.2) is 6.29 Å². The van der Waals surface area contributed by atoms with E-state index in [4.69, 9.17) is 14.6 Å². The van der Waals surface area contributed by atoms with Crippen molar-refractivity contribution in [3.05, 3.63) is 0 Å². The summed E-state index contributed by atoms with van der Waals surface area (Å²) in [6.45, 7) is 0.971. The van der Waals surface area contributed by atoms with Crippen molar-refractivity contribution in [2.75, 3.05) is 13.2 Å². The van der Waals surface area contributed by atoms with Gasteiger partial charge in [-0.25, -0.2) is 0 Å². The van der Waals surface area contributed by atoms with Crippen LogP contribution in [-0.4, -0.2) is 41.9 Å². The predicted molar refractivity (Wildman–Crippen MR) is 63.5 cm³/mol. The largest absolute Gasteiger partial charge is 0.396 e. The van der Waals surface area contributed by atoms with E-state index in [0.717, 1.165) is 51.6 Å². The summed E-state index contributed by atoms with van der Waals surface area (Å²) < 4.78 is 11.4. The topological polar surface area (TPSA) is 58.9 Å². The Balaban J connectivity index is 1.68. The number of hydrogen-bond acceptors (Lipinski definition) is 4. The van der Waals surface area contributed by atoms with Crippen LogP contribution in [0.5, 0.6) is 0 Å². The lowest BCUT2D eigenvalue weighted by Gasteiger charge is -2.40. The number of hydrogen-bond donors (Lipinski definition) is 2. The normalized spacial score (nSPS) is 37.8. The van der Waals surface area contributed by atoms with Crippen LogP contribution in [0.15, 0.2) is 0 Å². The van der Waals surface area contributed by atoms with Crippen molar-refractivity contribution in [2.24, 2.45) is 5.92 Å². The summed E-state index contributed by atoms with van der Waals surface area (Å²) in [5.41, 5.74) is 0. The number of rotatable bonds is 5. The maximum Gasteiger partial charge on any atom is 0.154 e. The number of ether oxygens (including phenoxy) is 2.